The van der Waals surface area contributed by atoms with Crippen molar-refractivity contribution in [2.75, 3.05) is 13.1 Å². The van der Waals surface area contributed by atoms with Crippen LogP contribution in [0, 0.1) is 5.82 Å². The first kappa shape index (κ1) is 28.5. The van der Waals surface area contributed by atoms with Crippen molar-refractivity contribution in [2.24, 2.45) is 11.5 Å². The zero-order valence-corrected chi connectivity index (χ0v) is 21.1. The van der Waals surface area contributed by atoms with Crippen LogP contribution in [0.2, 0.25) is 0 Å². The van der Waals surface area contributed by atoms with E-state index in [0.29, 0.717) is 24.8 Å². The summed E-state index contributed by atoms with van der Waals surface area (Å²) in [5.41, 5.74) is 10.3. The molecule has 7 N–H and O–H groups in total. The molecule has 2 fully saturated rings. The summed E-state index contributed by atoms with van der Waals surface area (Å²) in [4.78, 5) is 55.3. The first-order chi connectivity index (χ1) is 17.4. The molecule has 204 valence electrons. The Morgan fingerprint density at radius 2 is 1.76 bits per heavy atom. The van der Waals surface area contributed by atoms with Crippen molar-refractivity contribution in [3.8, 4) is 0 Å². The fourth-order valence-electron chi connectivity index (χ4n) is 5.21. The van der Waals surface area contributed by atoms with Crippen LogP contribution in [0.1, 0.15) is 45.1 Å². The Kier molecular flexibility index (Phi) is 8.88. The molecule has 3 rings (SSSR count). The lowest BCUT2D eigenvalue weighted by molar-refractivity contribution is -0.152. The minimum absolute atomic E-state index is 0.0179. The number of hydrogen-bond acceptors (Lipinski definition) is 7. The topological polar surface area (TPSA) is 179 Å². The first-order valence-corrected chi connectivity index (χ1v) is 12.5. The summed E-state index contributed by atoms with van der Waals surface area (Å²) in [5, 5.41) is 22.3. The monoisotopic (exact) mass is 521 g/mol. The lowest BCUT2D eigenvalue weighted by atomic mass is 9.86. The third-order valence-corrected chi connectivity index (χ3v) is 7.29. The van der Waals surface area contributed by atoms with E-state index >= 15 is 0 Å². The number of carbonyl (C=O) groups excluding carboxylic acids is 4. The van der Waals surface area contributed by atoms with Gasteiger partial charge in [-0.15, -0.1) is 0 Å². The van der Waals surface area contributed by atoms with Gasteiger partial charge in [-0.25, -0.2) is 4.39 Å². The van der Waals surface area contributed by atoms with Crippen LogP contribution in [0.5, 0.6) is 0 Å². The van der Waals surface area contributed by atoms with Crippen molar-refractivity contribution in [1.82, 2.24) is 15.1 Å². The van der Waals surface area contributed by atoms with E-state index in [1.165, 1.54) is 47.9 Å². The molecule has 0 aromatic heterocycles. The number of halogens is 1. The molecule has 0 spiro atoms. The maximum absolute atomic E-state index is 13.9. The normalized spacial score (nSPS) is 24.9. The van der Waals surface area contributed by atoms with Crippen molar-refractivity contribution in [2.45, 2.75) is 81.8 Å². The van der Waals surface area contributed by atoms with E-state index in [2.05, 4.69) is 5.32 Å². The summed E-state index contributed by atoms with van der Waals surface area (Å²) in [7, 11) is 0. The number of rotatable bonds is 9. The molecular weight excluding hydrogens is 485 g/mol. The molecule has 1 aromatic carbocycles. The van der Waals surface area contributed by atoms with Gasteiger partial charge < -0.3 is 36.8 Å². The zero-order valence-electron chi connectivity index (χ0n) is 21.1. The molecule has 2 aliphatic heterocycles. The van der Waals surface area contributed by atoms with Gasteiger partial charge in [-0.05, 0) is 57.2 Å². The number of carbonyl (C=O) groups is 4. The standard InChI is InChI=1S/C25H36FN5O6/c1-14(32)19(27)23(36)30-11-3-5-18(30)22(35)31-12-4-10-25(31,13-16-6-8-17(26)9-7-16)24(37)29-20(15(2)33)21(28)34/h6-9,14-15,18-20,32-33H,3-5,10-13,27H2,1-2H3,(H2,28,34)(H,29,37)/t14?,15?,18-,19?,20?,25-/m0/s1. The summed E-state index contributed by atoms with van der Waals surface area (Å²) in [6, 6.07) is 2.07. The van der Waals surface area contributed by atoms with Gasteiger partial charge in [0.1, 0.15) is 29.5 Å². The highest BCUT2D eigenvalue weighted by Crippen LogP contribution is 2.36. The SMILES string of the molecule is CC(O)C(N)C(=O)N1CCC[C@H]1C(=O)N1CCC[C@]1(Cc1ccc(F)cc1)C(=O)NC(C(N)=O)C(C)O. The third-order valence-electron chi connectivity index (χ3n) is 7.29. The predicted octanol–water partition coefficient (Wildman–Crippen LogP) is -1.22. The Balaban J connectivity index is 1.97. The van der Waals surface area contributed by atoms with Gasteiger partial charge in [0.2, 0.25) is 23.6 Å². The Labute approximate surface area is 215 Å². The van der Waals surface area contributed by atoms with E-state index in [4.69, 9.17) is 11.5 Å². The highest BCUT2D eigenvalue weighted by atomic mass is 19.1. The van der Waals surface area contributed by atoms with E-state index < -0.39 is 65.3 Å². The van der Waals surface area contributed by atoms with E-state index in [-0.39, 0.29) is 25.9 Å². The smallest absolute Gasteiger partial charge is 0.247 e. The molecule has 4 amide bonds. The molecule has 0 bridgehead atoms. The van der Waals surface area contributed by atoms with E-state index in [1.54, 1.807) is 0 Å². The third kappa shape index (κ3) is 5.91. The van der Waals surface area contributed by atoms with Gasteiger partial charge in [-0.3, -0.25) is 19.2 Å². The Hall–Kier alpha value is -3.09. The van der Waals surface area contributed by atoms with Crippen LogP contribution in [0.15, 0.2) is 24.3 Å². The summed E-state index contributed by atoms with van der Waals surface area (Å²) >= 11 is 0. The molecular formula is C25H36FN5O6. The summed E-state index contributed by atoms with van der Waals surface area (Å²) < 4.78 is 13.6. The summed E-state index contributed by atoms with van der Waals surface area (Å²) in [6.45, 7) is 3.20. The molecule has 0 radical (unpaired) electrons. The molecule has 12 heteroatoms. The molecule has 0 saturated carbocycles. The number of benzene rings is 1. The van der Waals surface area contributed by atoms with Crippen LogP contribution < -0.4 is 16.8 Å². The van der Waals surface area contributed by atoms with Crippen LogP contribution >= 0.6 is 0 Å². The van der Waals surface area contributed by atoms with Gasteiger partial charge in [-0.2, -0.15) is 0 Å². The number of nitrogens with one attached hydrogen (secondary N) is 1. The Bertz CT molecular complexity index is 1020. The Morgan fingerprint density at radius 3 is 2.32 bits per heavy atom. The van der Waals surface area contributed by atoms with Crippen LogP contribution in [0.25, 0.3) is 0 Å². The number of hydrogen-bond donors (Lipinski definition) is 5. The molecule has 2 heterocycles. The highest BCUT2D eigenvalue weighted by molar-refractivity contribution is 5.98. The highest BCUT2D eigenvalue weighted by Gasteiger charge is 2.53. The minimum Gasteiger partial charge on any atom is -0.391 e. The largest absolute Gasteiger partial charge is 0.391 e. The average molecular weight is 522 g/mol. The first-order valence-electron chi connectivity index (χ1n) is 12.5. The van der Waals surface area contributed by atoms with Crippen LogP contribution in [0.4, 0.5) is 4.39 Å². The average Bonchev–Trinajstić information content (AvgIpc) is 3.50. The number of aliphatic hydroxyl groups is 2. The maximum Gasteiger partial charge on any atom is 0.247 e. The number of aliphatic hydroxyl groups excluding tert-OH is 2. The quantitative estimate of drug-likeness (QED) is 0.270. The number of likely N-dealkylation sites (tertiary alicyclic amines) is 2. The predicted molar refractivity (Wildman–Crippen MR) is 131 cm³/mol. The maximum atomic E-state index is 13.9. The van der Waals surface area contributed by atoms with Crippen molar-refractivity contribution < 1.29 is 33.8 Å². The van der Waals surface area contributed by atoms with Crippen molar-refractivity contribution in [3.63, 3.8) is 0 Å². The van der Waals surface area contributed by atoms with Crippen molar-refractivity contribution in [1.29, 1.82) is 0 Å². The van der Waals surface area contributed by atoms with Crippen LogP contribution in [0.3, 0.4) is 0 Å². The number of primary amides is 1. The number of nitrogens with zero attached hydrogens (tertiary/aromatic N) is 2. The fourth-order valence-corrected chi connectivity index (χ4v) is 5.21. The fraction of sp³-hybridized carbons (Fsp3) is 0.600. The van der Waals surface area contributed by atoms with E-state index in [0.717, 1.165) is 0 Å². The molecule has 6 atom stereocenters. The van der Waals surface area contributed by atoms with Gasteiger partial charge in [0, 0.05) is 19.5 Å². The van der Waals surface area contributed by atoms with Gasteiger partial charge >= 0.3 is 0 Å². The summed E-state index contributed by atoms with van der Waals surface area (Å²) in [5.74, 6) is -3.08. The number of nitrogens with two attached hydrogens (primary N) is 2. The Morgan fingerprint density at radius 1 is 1.11 bits per heavy atom. The molecule has 2 saturated heterocycles. The second-order valence-corrected chi connectivity index (χ2v) is 9.98. The molecule has 4 unspecified atom stereocenters. The van der Waals surface area contributed by atoms with Gasteiger partial charge in [-0.1, -0.05) is 12.1 Å². The van der Waals surface area contributed by atoms with Crippen LogP contribution in [-0.4, -0.2) is 92.6 Å². The lowest BCUT2D eigenvalue weighted by Crippen LogP contribution is -2.65. The molecule has 0 aliphatic carbocycles. The molecule has 2 aliphatic rings. The zero-order chi connectivity index (χ0) is 27.5. The van der Waals surface area contributed by atoms with Crippen molar-refractivity contribution >= 4 is 23.6 Å². The van der Waals surface area contributed by atoms with E-state index in [1.807, 2.05) is 0 Å². The van der Waals surface area contributed by atoms with E-state index in [9.17, 15) is 33.8 Å². The second kappa shape index (κ2) is 11.5. The second-order valence-electron chi connectivity index (χ2n) is 9.98. The molecule has 37 heavy (non-hydrogen) atoms. The molecule has 11 nitrogen and oxygen atoms in total. The molecule has 1 aromatic rings. The van der Waals surface area contributed by atoms with Gasteiger partial charge in [0.15, 0.2) is 0 Å². The summed E-state index contributed by atoms with van der Waals surface area (Å²) in [6.07, 6.45) is -0.759. The van der Waals surface area contributed by atoms with Gasteiger partial charge in [0.05, 0.1) is 12.2 Å². The van der Waals surface area contributed by atoms with Gasteiger partial charge in [0.25, 0.3) is 0 Å². The van der Waals surface area contributed by atoms with Crippen molar-refractivity contribution in [3.05, 3.63) is 35.6 Å². The number of amides is 4. The van der Waals surface area contributed by atoms with Crippen LogP contribution in [-0.2, 0) is 25.6 Å². The minimum atomic E-state index is -1.47. The lowest BCUT2D eigenvalue weighted by Gasteiger charge is -2.41.